The van der Waals surface area contributed by atoms with Crippen molar-refractivity contribution in [3.8, 4) is 5.75 Å². The van der Waals surface area contributed by atoms with Crippen molar-refractivity contribution in [2.24, 2.45) is 0 Å². The highest BCUT2D eigenvalue weighted by Crippen LogP contribution is 2.33. The normalized spacial score (nSPS) is 16.2. The Labute approximate surface area is 151 Å². The first-order valence-electron chi connectivity index (χ1n) is 8.53. The van der Waals surface area contributed by atoms with E-state index in [1.807, 2.05) is 29.3 Å². The average Bonchev–Trinajstić information content (AvgIpc) is 3.15. The summed E-state index contributed by atoms with van der Waals surface area (Å²) >= 11 is 0. The second-order valence-electron chi connectivity index (χ2n) is 6.31. The monoisotopic (exact) mass is 350 g/mol. The number of carbonyl (C=O) groups is 1. The molecule has 1 atom stereocenters. The molecule has 132 valence electrons. The highest BCUT2D eigenvalue weighted by Gasteiger charge is 2.32. The molecule has 0 fully saturated rings. The summed E-state index contributed by atoms with van der Waals surface area (Å²) in [7, 11) is 1.59. The largest absolute Gasteiger partial charge is 0.497 e. The molecule has 4 nitrogen and oxygen atoms in total. The standard InChI is InChI=1S/C21H19FN2O2/c1-26-18-9-7-15(8-10-18)21(25)24-13-12-23-11-3-6-19(23)20(24)16-4-2-5-17(22)14-16/h2-11,14,20H,12-13H2,1H3. The second-order valence-corrected chi connectivity index (χ2v) is 6.31. The number of fused-ring (bicyclic) bond motifs is 1. The van der Waals surface area contributed by atoms with Crippen LogP contribution in [-0.2, 0) is 6.54 Å². The lowest BCUT2D eigenvalue weighted by Gasteiger charge is -2.37. The highest BCUT2D eigenvalue weighted by atomic mass is 19.1. The molecule has 0 saturated heterocycles. The number of halogens is 1. The second kappa shape index (κ2) is 6.67. The molecule has 0 radical (unpaired) electrons. The Balaban J connectivity index is 1.74. The fourth-order valence-corrected chi connectivity index (χ4v) is 3.53. The van der Waals surface area contributed by atoms with Crippen LogP contribution in [0.2, 0.25) is 0 Å². The van der Waals surface area contributed by atoms with Gasteiger partial charge >= 0.3 is 0 Å². The summed E-state index contributed by atoms with van der Waals surface area (Å²) < 4.78 is 21.1. The number of hydrogen-bond donors (Lipinski definition) is 0. The summed E-state index contributed by atoms with van der Waals surface area (Å²) in [5.74, 6) is 0.327. The molecule has 4 rings (SSSR count). The van der Waals surface area contributed by atoms with Gasteiger partial charge in [0.25, 0.3) is 5.91 Å². The van der Waals surface area contributed by atoms with Crippen molar-refractivity contribution >= 4 is 5.91 Å². The van der Waals surface area contributed by atoms with E-state index in [4.69, 9.17) is 4.74 Å². The van der Waals surface area contributed by atoms with Gasteiger partial charge in [0.15, 0.2) is 0 Å². The van der Waals surface area contributed by atoms with Gasteiger partial charge in [-0.15, -0.1) is 0 Å². The fraction of sp³-hybridized carbons (Fsp3) is 0.190. The van der Waals surface area contributed by atoms with Crippen molar-refractivity contribution in [3.05, 3.63) is 89.5 Å². The Hall–Kier alpha value is -3.08. The molecule has 2 heterocycles. The first-order chi connectivity index (χ1) is 12.7. The summed E-state index contributed by atoms with van der Waals surface area (Å²) in [6.45, 7) is 1.28. The van der Waals surface area contributed by atoms with Crippen LogP contribution in [-0.4, -0.2) is 29.0 Å². The van der Waals surface area contributed by atoms with Crippen LogP contribution in [0.5, 0.6) is 5.75 Å². The zero-order valence-corrected chi connectivity index (χ0v) is 14.4. The number of carbonyl (C=O) groups excluding carboxylic acids is 1. The van der Waals surface area contributed by atoms with Gasteiger partial charge in [-0.2, -0.15) is 0 Å². The van der Waals surface area contributed by atoms with Gasteiger partial charge < -0.3 is 14.2 Å². The van der Waals surface area contributed by atoms with Crippen LogP contribution in [0.25, 0.3) is 0 Å². The molecule has 5 heteroatoms. The van der Waals surface area contributed by atoms with E-state index in [0.29, 0.717) is 17.9 Å². The number of nitrogens with zero attached hydrogens (tertiary/aromatic N) is 2. The summed E-state index contributed by atoms with van der Waals surface area (Å²) in [5.41, 5.74) is 2.35. The van der Waals surface area contributed by atoms with Crippen LogP contribution < -0.4 is 4.74 Å². The Morgan fingerprint density at radius 1 is 1.08 bits per heavy atom. The molecule has 0 spiro atoms. The van der Waals surface area contributed by atoms with E-state index in [0.717, 1.165) is 17.8 Å². The quantitative estimate of drug-likeness (QED) is 0.718. The molecule has 1 aliphatic rings. The molecule has 26 heavy (non-hydrogen) atoms. The summed E-state index contributed by atoms with van der Waals surface area (Å²) in [4.78, 5) is 15.0. The highest BCUT2D eigenvalue weighted by molar-refractivity contribution is 5.95. The van der Waals surface area contributed by atoms with Crippen molar-refractivity contribution in [1.82, 2.24) is 9.47 Å². The van der Waals surface area contributed by atoms with Crippen molar-refractivity contribution in [2.75, 3.05) is 13.7 Å². The molecule has 2 aromatic carbocycles. The van der Waals surface area contributed by atoms with Gasteiger partial charge in [0.05, 0.1) is 13.2 Å². The lowest BCUT2D eigenvalue weighted by Crippen LogP contribution is -2.42. The smallest absolute Gasteiger partial charge is 0.254 e. The number of hydrogen-bond acceptors (Lipinski definition) is 2. The molecule has 0 N–H and O–H groups in total. The van der Waals surface area contributed by atoms with E-state index in [2.05, 4.69) is 4.57 Å². The number of rotatable bonds is 3. The maximum absolute atomic E-state index is 13.8. The van der Waals surface area contributed by atoms with Gasteiger partial charge in [-0.3, -0.25) is 4.79 Å². The topological polar surface area (TPSA) is 34.5 Å². The van der Waals surface area contributed by atoms with E-state index in [9.17, 15) is 9.18 Å². The molecule has 0 aliphatic carbocycles. The minimum Gasteiger partial charge on any atom is -0.497 e. The number of methoxy groups -OCH3 is 1. The van der Waals surface area contributed by atoms with Gasteiger partial charge in [0.2, 0.25) is 0 Å². The number of ether oxygens (including phenoxy) is 1. The SMILES string of the molecule is COc1ccc(C(=O)N2CCn3cccc3C2c2cccc(F)c2)cc1. The predicted molar refractivity (Wildman–Crippen MR) is 96.7 cm³/mol. The van der Waals surface area contributed by atoms with E-state index >= 15 is 0 Å². The minimum absolute atomic E-state index is 0.0747. The zero-order valence-electron chi connectivity index (χ0n) is 14.4. The third-order valence-corrected chi connectivity index (χ3v) is 4.80. The Morgan fingerprint density at radius 3 is 2.62 bits per heavy atom. The molecule has 1 aromatic heterocycles. The van der Waals surface area contributed by atoms with E-state index < -0.39 is 0 Å². The third kappa shape index (κ3) is 2.86. The van der Waals surface area contributed by atoms with Crippen LogP contribution in [0.3, 0.4) is 0 Å². The van der Waals surface area contributed by atoms with Crippen LogP contribution >= 0.6 is 0 Å². The summed E-state index contributed by atoms with van der Waals surface area (Å²) in [6.07, 6.45) is 2.00. The molecule has 1 aliphatic heterocycles. The zero-order chi connectivity index (χ0) is 18.1. The molecule has 3 aromatic rings. The fourth-order valence-electron chi connectivity index (χ4n) is 3.53. The van der Waals surface area contributed by atoms with E-state index in [1.54, 1.807) is 37.4 Å². The Morgan fingerprint density at radius 2 is 1.88 bits per heavy atom. The van der Waals surface area contributed by atoms with Gasteiger partial charge in [-0.25, -0.2) is 4.39 Å². The van der Waals surface area contributed by atoms with Crippen molar-refractivity contribution < 1.29 is 13.9 Å². The summed E-state index contributed by atoms with van der Waals surface area (Å²) in [5, 5.41) is 0. The van der Waals surface area contributed by atoms with Crippen molar-refractivity contribution in [3.63, 3.8) is 0 Å². The number of amides is 1. The molecule has 1 unspecified atom stereocenters. The molecule has 0 saturated carbocycles. The number of benzene rings is 2. The minimum atomic E-state index is -0.316. The van der Waals surface area contributed by atoms with Crippen LogP contribution in [0, 0.1) is 5.82 Å². The van der Waals surface area contributed by atoms with Crippen LogP contribution in [0.4, 0.5) is 4.39 Å². The Bertz CT molecular complexity index is 933. The Kier molecular flexibility index (Phi) is 4.21. The predicted octanol–water partition coefficient (Wildman–Crippen LogP) is 3.88. The van der Waals surface area contributed by atoms with E-state index in [1.165, 1.54) is 12.1 Å². The molecular weight excluding hydrogens is 331 g/mol. The first kappa shape index (κ1) is 16.4. The summed E-state index contributed by atoms with van der Waals surface area (Å²) in [6, 6.07) is 17.2. The van der Waals surface area contributed by atoms with Crippen LogP contribution in [0.1, 0.15) is 27.7 Å². The van der Waals surface area contributed by atoms with Gasteiger partial charge in [0.1, 0.15) is 11.6 Å². The van der Waals surface area contributed by atoms with E-state index in [-0.39, 0.29) is 17.8 Å². The number of aromatic nitrogens is 1. The van der Waals surface area contributed by atoms with Crippen molar-refractivity contribution in [2.45, 2.75) is 12.6 Å². The van der Waals surface area contributed by atoms with Gasteiger partial charge in [-0.1, -0.05) is 12.1 Å². The van der Waals surface area contributed by atoms with Gasteiger partial charge in [-0.05, 0) is 54.1 Å². The maximum atomic E-state index is 13.8. The van der Waals surface area contributed by atoms with Crippen LogP contribution in [0.15, 0.2) is 66.9 Å². The maximum Gasteiger partial charge on any atom is 0.254 e. The third-order valence-electron chi connectivity index (χ3n) is 4.80. The molecular formula is C21H19FN2O2. The van der Waals surface area contributed by atoms with Crippen molar-refractivity contribution in [1.29, 1.82) is 0 Å². The first-order valence-corrected chi connectivity index (χ1v) is 8.53. The lowest BCUT2D eigenvalue weighted by molar-refractivity contribution is 0.0663. The molecule has 0 bridgehead atoms. The average molecular weight is 350 g/mol. The van der Waals surface area contributed by atoms with Gasteiger partial charge in [0, 0.05) is 30.5 Å². The lowest BCUT2D eigenvalue weighted by atomic mass is 9.98. The molecule has 1 amide bonds.